The molecule has 0 bridgehead atoms. The van der Waals surface area contributed by atoms with Gasteiger partial charge in [-0.3, -0.25) is 14.3 Å². The second-order valence-corrected chi connectivity index (χ2v) is 11.8. The Morgan fingerprint density at radius 3 is 2.54 bits per heavy atom. The number of ether oxygens (including phenoxy) is 2. The summed E-state index contributed by atoms with van der Waals surface area (Å²) in [5, 5.41) is 11.7. The highest BCUT2D eigenvalue weighted by molar-refractivity contribution is 7.44. The van der Waals surface area contributed by atoms with Crippen LogP contribution in [0.25, 0.3) is 0 Å². The zero-order valence-corrected chi connectivity index (χ0v) is 23.8. The smallest absolute Gasteiger partial charge is 0.407 e. The summed E-state index contributed by atoms with van der Waals surface area (Å²) in [6.07, 6.45) is -0.597. The van der Waals surface area contributed by atoms with Gasteiger partial charge in [-0.25, -0.2) is 14.3 Å². The van der Waals surface area contributed by atoms with Crippen LogP contribution in [0.1, 0.15) is 73.1 Å². The fourth-order valence-electron chi connectivity index (χ4n) is 3.87. The van der Waals surface area contributed by atoms with Crippen LogP contribution in [0, 0.1) is 18.3 Å². The predicted molar refractivity (Wildman–Crippen MR) is 139 cm³/mol. The van der Waals surface area contributed by atoms with Crippen molar-refractivity contribution in [1.29, 1.82) is 5.26 Å². The zero-order valence-electron chi connectivity index (χ0n) is 22.9. The predicted octanol–water partition coefficient (Wildman–Crippen LogP) is 3.32. The second-order valence-electron chi connectivity index (χ2n) is 10.4. The Bertz CT molecular complexity index is 1050. The van der Waals surface area contributed by atoms with Gasteiger partial charge < -0.3 is 23.8 Å². The summed E-state index contributed by atoms with van der Waals surface area (Å²) in [6, 6.07) is 2.26. The molecule has 1 unspecified atom stereocenters. The fraction of sp³-hybridized carbons (Fsp3) is 0.750. The summed E-state index contributed by atoms with van der Waals surface area (Å²) in [6.45, 7) is 15.3. The first-order valence-corrected chi connectivity index (χ1v) is 13.6. The van der Waals surface area contributed by atoms with Gasteiger partial charge in [-0.2, -0.15) is 5.26 Å². The second kappa shape index (κ2) is 13.5. The minimum absolute atomic E-state index is 0.0674. The van der Waals surface area contributed by atoms with Crippen LogP contribution in [-0.4, -0.2) is 63.4 Å². The van der Waals surface area contributed by atoms with Gasteiger partial charge in [0.1, 0.15) is 17.9 Å². The van der Waals surface area contributed by atoms with Crippen LogP contribution >= 0.6 is 8.53 Å². The van der Waals surface area contributed by atoms with E-state index in [-0.39, 0.29) is 38.1 Å². The molecular weight excluding hydrogens is 501 g/mol. The molecule has 0 aliphatic carbocycles. The molecule has 2 N–H and O–H groups in total. The zero-order chi connectivity index (χ0) is 27.9. The molecule has 0 spiro atoms. The average Bonchev–Trinajstić information content (AvgIpc) is 3.15. The van der Waals surface area contributed by atoms with E-state index < -0.39 is 49.9 Å². The monoisotopic (exact) mass is 541 g/mol. The van der Waals surface area contributed by atoms with E-state index in [1.54, 1.807) is 27.7 Å². The van der Waals surface area contributed by atoms with Gasteiger partial charge in [-0.1, -0.05) is 0 Å². The number of rotatable bonds is 11. The molecule has 0 radical (unpaired) electrons. The molecule has 1 aromatic rings. The van der Waals surface area contributed by atoms with Crippen molar-refractivity contribution in [1.82, 2.24) is 19.5 Å². The summed E-state index contributed by atoms with van der Waals surface area (Å²) in [4.78, 5) is 39.0. The van der Waals surface area contributed by atoms with Gasteiger partial charge >= 0.3 is 11.8 Å². The Labute approximate surface area is 219 Å². The van der Waals surface area contributed by atoms with Crippen LogP contribution in [0.15, 0.2) is 15.8 Å². The Morgan fingerprint density at radius 2 is 1.97 bits per heavy atom. The molecule has 0 aromatic carbocycles. The summed E-state index contributed by atoms with van der Waals surface area (Å²) in [5.74, 6) is 0. The number of alkyl carbamates (subject to hydrolysis) is 1. The highest BCUT2D eigenvalue weighted by Crippen LogP contribution is 2.49. The SMILES string of the molecule is Cc1cn([C@H]2C[C@H](OP(OCCC#N)N(C(C)C)C(C)C)[C@@H](CNC(=O)OC(C)(C)C)O2)c(=O)[nH]c1=O. The summed E-state index contributed by atoms with van der Waals surface area (Å²) >= 11 is 0. The Hall–Kier alpha value is -2.29. The molecule has 1 amide bonds. The maximum Gasteiger partial charge on any atom is 0.407 e. The van der Waals surface area contributed by atoms with E-state index in [1.807, 2.05) is 27.7 Å². The van der Waals surface area contributed by atoms with Gasteiger partial charge in [-0.05, 0) is 55.4 Å². The van der Waals surface area contributed by atoms with Crippen LogP contribution in [-0.2, 0) is 18.5 Å². The van der Waals surface area contributed by atoms with Gasteiger partial charge in [0, 0.05) is 36.8 Å². The minimum atomic E-state index is -1.59. The number of aromatic nitrogens is 2. The topological polar surface area (TPSA) is 148 Å². The van der Waals surface area contributed by atoms with E-state index in [4.69, 9.17) is 23.8 Å². The van der Waals surface area contributed by atoms with Crippen LogP contribution < -0.4 is 16.6 Å². The van der Waals surface area contributed by atoms with Gasteiger partial charge in [0.25, 0.3) is 14.1 Å². The third-order valence-corrected chi connectivity index (χ3v) is 7.53. The summed E-state index contributed by atoms with van der Waals surface area (Å²) in [5.41, 5.74) is -1.37. The highest BCUT2D eigenvalue weighted by atomic mass is 31.2. The van der Waals surface area contributed by atoms with E-state index in [9.17, 15) is 14.4 Å². The van der Waals surface area contributed by atoms with Crippen molar-refractivity contribution in [2.24, 2.45) is 0 Å². The standard InChI is InChI=1S/C24H40N5O7P/c1-15(2)29(16(3)4)37(33-11-9-10-25)36-18-12-20(28-14-17(5)21(30)27-22(28)31)34-19(18)13-26-23(32)35-24(6,7)8/h14-16,18-20H,9,11-13H2,1-8H3,(H,26,32)(H,27,30,31)/t18-,19+,20+,37?/m0/s1. The lowest BCUT2D eigenvalue weighted by molar-refractivity contribution is -0.0196. The molecule has 0 saturated carbocycles. The average molecular weight is 542 g/mol. The lowest BCUT2D eigenvalue weighted by Crippen LogP contribution is -2.41. The number of nitriles is 1. The lowest BCUT2D eigenvalue weighted by atomic mass is 10.2. The lowest BCUT2D eigenvalue weighted by Gasteiger charge is -2.37. The van der Waals surface area contributed by atoms with Gasteiger partial charge in [-0.15, -0.1) is 0 Å². The number of nitrogens with one attached hydrogen (secondary N) is 2. The molecule has 2 rings (SSSR count). The van der Waals surface area contributed by atoms with Crippen molar-refractivity contribution < 1.29 is 23.3 Å². The maximum atomic E-state index is 12.5. The van der Waals surface area contributed by atoms with E-state index in [2.05, 4.69) is 21.0 Å². The molecule has 1 fully saturated rings. The number of aromatic amines is 1. The number of aryl methyl sites for hydroxylation is 1. The number of hydrogen-bond donors (Lipinski definition) is 2. The molecule has 208 valence electrons. The van der Waals surface area contributed by atoms with E-state index in [1.165, 1.54) is 10.8 Å². The van der Waals surface area contributed by atoms with E-state index >= 15 is 0 Å². The molecule has 12 nitrogen and oxygen atoms in total. The van der Waals surface area contributed by atoms with Crippen molar-refractivity contribution in [2.75, 3.05) is 13.2 Å². The first-order chi connectivity index (χ1) is 17.2. The molecule has 37 heavy (non-hydrogen) atoms. The molecular formula is C24H40N5O7P. The number of carbonyl (C=O) groups is 1. The molecule has 1 aromatic heterocycles. The third kappa shape index (κ3) is 9.20. The number of hydrogen-bond acceptors (Lipinski definition) is 9. The molecule has 2 heterocycles. The number of nitrogens with zero attached hydrogens (tertiary/aromatic N) is 3. The fourth-order valence-corrected chi connectivity index (χ4v) is 5.63. The highest BCUT2D eigenvalue weighted by Gasteiger charge is 2.41. The van der Waals surface area contributed by atoms with Crippen molar-refractivity contribution >= 4 is 14.6 Å². The first-order valence-electron chi connectivity index (χ1n) is 12.4. The third-order valence-electron chi connectivity index (χ3n) is 5.37. The van der Waals surface area contributed by atoms with Gasteiger partial charge in [0.05, 0.1) is 25.2 Å². The minimum Gasteiger partial charge on any atom is -0.444 e. The first kappa shape index (κ1) is 30.9. The maximum absolute atomic E-state index is 12.5. The number of H-pyrrole nitrogens is 1. The van der Waals surface area contributed by atoms with Crippen LogP contribution in [0.2, 0.25) is 0 Å². The van der Waals surface area contributed by atoms with E-state index in [0.29, 0.717) is 5.56 Å². The van der Waals surface area contributed by atoms with E-state index in [0.717, 1.165) is 0 Å². The molecule has 1 aliphatic rings. The summed E-state index contributed by atoms with van der Waals surface area (Å²) < 4.78 is 27.4. The summed E-state index contributed by atoms with van der Waals surface area (Å²) in [7, 11) is -1.59. The van der Waals surface area contributed by atoms with Crippen LogP contribution in [0.3, 0.4) is 0 Å². The quantitative estimate of drug-likeness (QED) is 0.318. The molecule has 1 aliphatic heterocycles. The Kier molecular flexibility index (Phi) is 11.3. The molecule has 13 heteroatoms. The molecule has 1 saturated heterocycles. The number of carbonyl (C=O) groups excluding carboxylic acids is 1. The number of amides is 1. The van der Waals surface area contributed by atoms with Gasteiger partial charge in [0.2, 0.25) is 0 Å². The van der Waals surface area contributed by atoms with Crippen molar-refractivity contribution in [3.63, 3.8) is 0 Å². The van der Waals surface area contributed by atoms with Crippen molar-refractivity contribution in [2.45, 2.75) is 104 Å². The van der Waals surface area contributed by atoms with Crippen molar-refractivity contribution in [3.05, 3.63) is 32.6 Å². The van der Waals surface area contributed by atoms with Crippen molar-refractivity contribution in [3.8, 4) is 6.07 Å². The van der Waals surface area contributed by atoms with Crippen LogP contribution in [0.5, 0.6) is 0 Å². The largest absolute Gasteiger partial charge is 0.444 e. The normalized spacial score (nSPS) is 20.9. The molecule has 4 atom stereocenters. The Balaban J connectivity index is 2.33. The Morgan fingerprint density at radius 1 is 1.32 bits per heavy atom. The van der Waals surface area contributed by atoms with Gasteiger partial charge in [0.15, 0.2) is 0 Å². The van der Waals surface area contributed by atoms with Crippen LogP contribution in [0.4, 0.5) is 4.79 Å².